The molecule has 2 fully saturated rings. The summed E-state index contributed by atoms with van der Waals surface area (Å²) in [6.07, 6.45) is 1.52. The molecule has 0 aliphatic carbocycles. The van der Waals surface area contributed by atoms with E-state index in [9.17, 15) is 14.4 Å². The first-order valence-electron chi connectivity index (χ1n) is 8.91. The number of nitrogens with one attached hydrogen (secondary N) is 1. The number of carbonyl (C=O) groups is 3. The van der Waals surface area contributed by atoms with Crippen LogP contribution in [0.4, 0.5) is 4.79 Å². The fourth-order valence-corrected chi connectivity index (χ4v) is 3.30. The summed E-state index contributed by atoms with van der Waals surface area (Å²) in [6, 6.07) is 7.40. The zero-order valence-corrected chi connectivity index (χ0v) is 15.4. The van der Waals surface area contributed by atoms with Gasteiger partial charge in [-0.3, -0.25) is 14.5 Å². The Hall–Kier alpha value is -2.57. The van der Waals surface area contributed by atoms with Crippen LogP contribution in [-0.4, -0.2) is 58.9 Å². The number of amides is 4. The van der Waals surface area contributed by atoms with E-state index in [1.54, 1.807) is 18.7 Å². The molecule has 4 amide bonds. The molecule has 0 unspecified atom stereocenters. The topological polar surface area (TPSA) is 79.0 Å². The second-order valence-corrected chi connectivity index (χ2v) is 7.46. The van der Waals surface area contributed by atoms with Crippen LogP contribution in [0.25, 0.3) is 0 Å². The van der Waals surface area contributed by atoms with Gasteiger partial charge in [0.05, 0.1) is 0 Å². The average Bonchev–Trinajstić information content (AvgIpc) is 2.77. The van der Waals surface area contributed by atoms with Crippen LogP contribution in [0.1, 0.15) is 32.3 Å². The second kappa shape index (κ2) is 6.97. The Morgan fingerprint density at radius 1 is 1.27 bits per heavy atom. The van der Waals surface area contributed by atoms with Crippen molar-refractivity contribution in [1.29, 1.82) is 0 Å². The molecule has 0 radical (unpaired) electrons. The third kappa shape index (κ3) is 3.81. The Kier molecular flexibility index (Phi) is 4.89. The summed E-state index contributed by atoms with van der Waals surface area (Å²) in [5.74, 6) is 0.269. The molecule has 2 aliphatic rings. The monoisotopic (exact) mass is 359 g/mol. The third-order valence-corrected chi connectivity index (χ3v) is 4.82. The van der Waals surface area contributed by atoms with Gasteiger partial charge in [0.25, 0.3) is 5.91 Å². The van der Waals surface area contributed by atoms with Crippen LogP contribution < -0.4 is 10.1 Å². The standard InChI is InChI=1S/C19H25N3O4/c1-13-5-4-6-15(11-13)26-14-7-9-21(10-8-14)16(23)12-22-17(24)19(2,3)20-18(22)25/h4-6,11,14H,7-10,12H2,1-3H3,(H,20,25). The highest BCUT2D eigenvalue weighted by molar-refractivity contribution is 6.08. The number of aryl methyl sites for hydroxylation is 1. The molecule has 0 bridgehead atoms. The van der Waals surface area contributed by atoms with E-state index in [0.717, 1.165) is 29.1 Å². The van der Waals surface area contributed by atoms with Crippen LogP contribution in [0.15, 0.2) is 24.3 Å². The van der Waals surface area contributed by atoms with Crippen LogP contribution in [0, 0.1) is 6.92 Å². The molecule has 3 rings (SSSR count). The second-order valence-electron chi connectivity index (χ2n) is 7.46. The number of imide groups is 1. The molecule has 0 saturated carbocycles. The van der Waals surface area contributed by atoms with Gasteiger partial charge in [0.15, 0.2) is 0 Å². The number of piperidine rings is 1. The number of ether oxygens (including phenoxy) is 1. The van der Waals surface area contributed by atoms with Gasteiger partial charge in [-0.25, -0.2) is 4.79 Å². The largest absolute Gasteiger partial charge is 0.490 e. The van der Waals surface area contributed by atoms with Crippen LogP contribution in [0.5, 0.6) is 5.75 Å². The Morgan fingerprint density at radius 2 is 1.96 bits per heavy atom. The number of benzene rings is 1. The minimum atomic E-state index is -0.952. The number of rotatable bonds is 4. The van der Waals surface area contributed by atoms with Crippen molar-refractivity contribution < 1.29 is 19.1 Å². The number of likely N-dealkylation sites (tertiary alicyclic amines) is 1. The zero-order chi connectivity index (χ0) is 18.9. The van der Waals surface area contributed by atoms with Crippen molar-refractivity contribution in [2.75, 3.05) is 19.6 Å². The van der Waals surface area contributed by atoms with Gasteiger partial charge in [-0.1, -0.05) is 12.1 Å². The summed E-state index contributed by atoms with van der Waals surface area (Å²) < 4.78 is 5.99. The summed E-state index contributed by atoms with van der Waals surface area (Å²) in [5, 5.41) is 2.59. The molecule has 140 valence electrons. The van der Waals surface area contributed by atoms with Crippen molar-refractivity contribution in [3.63, 3.8) is 0 Å². The first-order chi connectivity index (χ1) is 12.3. The fraction of sp³-hybridized carbons (Fsp3) is 0.526. The molecule has 2 saturated heterocycles. The van der Waals surface area contributed by atoms with Crippen LogP contribution >= 0.6 is 0 Å². The van der Waals surface area contributed by atoms with E-state index in [2.05, 4.69) is 5.32 Å². The summed E-state index contributed by atoms with van der Waals surface area (Å²) in [6.45, 7) is 6.19. The molecular formula is C19H25N3O4. The van der Waals surface area contributed by atoms with Crippen LogP contribution in [0.2, 0.25) is 0 Å². The molecule has 1 aromatic rings. The Labute approximate surface area is 153 Å². The maximum Gasteiger partial charge on any atom is 0.325 e. The van der Waals surface area contributed by atoms with Crippen molar-refractivity contribution in [2.24, 2.45) is 0 Å². The lowest BCUT2D eigenvalue weighted by Gasteiger charge is -2.33. The lowest BCUT2D eigenvalue weighted by atomic mass is 10.1. The first-order valence-corrected chi connectivity index (χ1v) is 8.91. The molecule has 2 aliphatic heterocycles. The van der Waals surface area contributed by atoms with E-state index < -0.39 is 11.6 Å². The van der Waals surface area contributed by atoms with Crippen molar-refractivity contribution in [2.45, 2.75) is 45.3 Å². The number of hydrogen-bond acceptors (Lipinski definition) is 4. The maximum atomic E-state index is 12.5. The molecule has 26 heavy (non-hydrogen) atoms. The van der Waals surface area contributed by atoms with Gasteiger partial charge in [-0.2, -0.15) is 0 Å². The molecule has 0 atom stereocenters. The molecule has 7 heteroatoms. The maximum absolute atomic E-state index is 12.5. The number of carbonyl (C=O) groups excluding carboxylic acids is 3. The average molecular weight is 359 g/mol. The smallest absolute Gasteiger partial charge is 0.325 e. The van der Waals surface area contributed by atoms with Gasteiger partial charge in [0, 0.05) is 25.9 Å². The molecule has 0 spiro atoms. The fourth-order valence-electron chi connectivity index (χ4n) is 3.30. The summed E-state index contributed by atoms with van der Waals surface area (Å²) in [5.41, 5.74) is 0.193. The van der Waals surface area contributed by atoms with E-state index in [-0.39, 0.29) is 24.5 Å². The van der Waals surface area contributed by atoms with Gasteiger partial charge >= 0.3 is 6.03 Å². The lowest BCUT2D eigenvalue weighted by molar-refractivity contribution is -0.139. The van der Waals surface area contributed by atoms with E-state index in [1.165, 1.54) is 0 Å². The van der Waals surface area contributed by atoms with Gasteiger partial charge in [-0.05, 0) is 38.5 Å². The Balaban J connectivity index is 1.51. The molecule has 7 nitrogen and oxygen atoms in total. The number of nitrogens with zero attached hydrogens (tertiary/aromatic N) is 2. The zero-order valence-electron chi connectivity index (χ0n) is 15.4. The van der Waals surface area contributed by atoms with Crippen molar-refractivity contribution in [3.8, 4) is 5.75 Å². The Bertz CT molecular complexity index is 723. The van der Waals surface area contributed by atoms with E-state index >= 15 is 0 Å². The van der Waals surface area contributed by atoms with Gasteiger partial charge < -0.3 is 15.0 Å². The normalized spacial score (nSPS) is 20.3. The highest BCUT2D eigenvalue weighted by Gasteiger charge is 2.45. The predicted octanol–water partition coefficient (Wildman–Crippen LogP) is 1.70. The SMILES string of the molecule is Cc1cccc(OC2CCN(C(=O)CN3C(=O)NC(C)(C)C3=O)CC2)c1. The van der Waals surface area contributed by atoms with Gasteiger partial charge in [-0.15, -0.1) is 0 Å². The summed E-state index contributed by atoms with van der Waals surface area (Å²) in [4.78, 5) is 39.3. The van der Waals surface area contributed by atoms with Crippen LogP contribution in [0.3, 0.4) is 0 Å². The van der Waals surface area contributed by atoms with Crippen molar-refractivity contribution in [3.05, 3.63) is 29.8 Å². The Morgan fingerprint density at radius 3 is 2.54 bits per heavy atom. The van der Waals surface area contributed by atoms with Gasteiger partial charge in [0.1, 0.15) is 23.9 Å². The number of hydrogen-bond donors (Lipinski definition) is 1. The minimum absolute atomic E-state index is 0.0662. The quantitative estimate of drug-likeness (QED) is 0.830. The van der Waals surface area contributed by atoms with E-state index in [1.807, 2.05) is 31.2 Å². The molecular weight excluding hydrogens is 334 g/mol. The summed E-state index contributed by atoms with van der Waals surface area (Å²) >= 11 is 0. The van der Waals surface area contributed by atoms with Crippen molar-refractivity contribution in [1.82, 2.24) is 15.1 Å². The molecule has 1 N–H and O–H groups in total. The molecule has 2 heterocycles. The highest BCUT2D eigenvalue weighted by Crippen LogP contribution is 2.21. The van der Waals surface area contributed by atoms with E-state index in [4.69, 9.17) is 4.74 Å². The lowest BCUT2D eigenvalue weighted by Crippen LogP contribution is -2.48. The van der Waals surface area contributed by atoms with Crippen molar-refractivity contribution >= 4 is 17.8 Å². The highest BCUT2D eigenvalue weighted by atomic mass is 16.5. The third-order valence-electron chi connectivity index (χ3n) is 4.82. The number of urea groups is 1. The van der Waals surface area contributed by atoms with Crippen LogP contribution in [-0.2, 0) is 9.59 Å². The molecule has 0 aromatic heterocycles. The van der Waals surface area contributed by atoms with E-state index in [0.29, 0.717) is 13.1 Å². The predicted molar refractivity (Wildman–Crippen MR) is 95.7 cm³/mol. The summed E-state index contributed by atoms with van der Waals surface area (Å²) in [7, 11) is 0. The molecule has 1 aromatic carbocycles. The van der Waals surface area contributed by atoms with Gasteiger partial charge in [0.2, 0.25) is 5.91 Å². The minimum Gasteiger partial charge on any atom is -0.490 e. The first kappa shape index (κ1) is 18.2.